The summed E-state index contributed by atoms with van der Waals surface area (Å²) in [5.41, 5.74) is 4.49. The highest BCUT2D eigenvalue weighted by Crippen LogP contribution is 2.08. The molecule has 6 nitrogen and oxygen atoms in total. The molecule has 0 aromatic rings. The molecule has 0 aliphatic heterocycles. The fraction of sp³-hybridized carbons (Fsp3) is 0.778. The molecule has 4 N–H and O–H groups in total. The molecular weight excluding hydrogens is 200 g/mol. The lowest BCUT2D eigenvalue weighted by molar-refractivity contribution is -0.139. The Labute approximate surface area is 88.8 Å². The van der Waals surface area contributed by atoms with E-state index in [4.69, 9.17) is 15.6 Å². The molecular formula is C9H18N2O4. The van der Waals surface area contributed by atoms with Crippen LogP contribution in [0.3, 0.4) is 0 Å². The molecule has 88 valence electrons. The van der Waals surface area contributed by atoms with Gasteiger partial charge in [-0.15, -0.1) is 0 Å². The minimum absolute atomic E-state index is 0.0610. The first-order valence-corrected chi connectivity index (χ1v) is 4.59. The second-order valence-corrected chi connectivity index (χ2v) is 3.90. The molecule has 6 heteroatoms. The Hall–Kier alpha value is -1.14. The third-order valence-corrected chi connectivity index (χ3v) is 1.85. The Morgan fingerprint density at radius 3 is 2.40 bits per heavy atom. The molecule has 0 saturated carbocycles. The Bertz CT molecular complexity index is 236. The second-order valence-electron chi connectivity index (χ2n) is 3.90. The maximum absolute atomic E-state index is 11.5. The molecule has 0 aromatic heterocycles. The van der Waals surface area contributed by atoms with Crippen molar-refractivity contribution in [2.24, 2.45) is 5.73 Å². The average Bonchev–Trinajstić information content (AvgIpc) is 2.02. The maximum Gasteiger partial charge on any atom is 0.305 e. The Balaban J connectivity index is 4.31. The number of carbonyl (C=O) groups excluding carboxylic acids is 1. The summed E-state index contributed by atoms with van der Waals surface area (Å²) in [5, 5.41) is 11.2. The van der Waals surface area contributed by atoms with Crippen molar-refractivity contribution in [3.63, 3.8) is 0 Å². The Morgan fingerprint density at radius 2 is 2.07 bits per heavy atom. The van der Waals surface area contributed by atoms with Crippen LogP contribution in [-0.4, -0.2) is 42.3 Å². The van der Waals surface area contributed by atoms with Gasteiger partial charge in [0.25, 0.3) is 5.91 Å². The standard InChI is InChI=1S/C9H18N2O4/c1-9(2,4-7(12)13)11-8(14)6(5-10)15-3/h6H,4-5,10H2,1-3H3,(H,11,14)(H,12,13). The van der Waals surface area contributed by atoms with Gasteiger partial charge in [0, 0.05) is 19.2 Å². The molecule has 1 amide bonds. The molecule has 0 rings (SSSR count). The number of rotatable bonds is 6. The van der Waals surface area contributed by atoms with E-state index in [1.54, 1.807) is 13.8 Å². The minimum atomic E-state index is -0.970. The van der Waals surface area contributed by atoms with Crippen molar-refractivity contribution < 1.29 is 19.4 Å². The predicted molar refractivity (Wildman–Crippen MR) is 54.3 cm³/mol. The number of carboxylic acid groups (broad SMARTS) is 1. The van der Waals surface area contributed by atoms with E-state index in [-0.39, 0.29) is 13.0 Å². The van der Waals surface area contributed by atoms with Crippen molar-refractivity contribution in [2.45, 2.75) is 31.9 Å². The molecule has 1 unspecified atom stereocenters. The average molecular weight is 218 g/mol. The van der Waals surface area contributed by atoms with Crippen molar-refractivity contribution in [2.75, 3.05) is 13.7 Å². The number of carboxylic acids is 1. The Morgan fingerprint density at radius 1 is 1.53 bits per heavy atom. The van der Waals surface area contributed by atoms with Gasteiger partial charge in [-0.1, -0.05) is 0 Å². The lowest BCUT2D eigenvalue weighted by Gasteiger charge is -2.26. The molecule has 15 heavy (non-hydrogen) atoms. The fourth-order valence-electron chi connectivity index (χ4n) is 1.15. The van der Waals surface area contributed by atoms with Crippen LogP contribution in [-0.2, 0) is 14.3 Å². The van der Waals surface area contributed by atoms with E-state index in [1.807, 2.05) is 0 Å². The summed E-state index contributed by atoms with van der Waals surface area (Å²) in [6.45, 7) is 3.32. The number of nitrogens with two attached hydrogens (primary N) is 1. The van der Waals surface area contributed by atoms with Gasteiger partial charge in [0.05, 0.1) is 6.42 Å². The highest BCUT2D eigenvalue weighted by Gasteiger charge is 2.27. The van der Waals surface area contributed by atoms with Crippen LogP contribution in [0.4, 0.5) is 0 Å². The summed E-state index contributed by atoms with van der Waals surface area (Å²) >= 11 is 0. The van der Waals surface area contributed by atoms with Gasteiger partial charge >= 0.3 is 5.97 Å². The first kappa shape index (κ1) is 13.9. The van der Waals surface area contributed by atoms with Crippen molar-refractivity contribution >= 4 is 11.9 Å². The van der Waals surface area contributed by atoms with E-state index < -0.39 is 23.5 Å². The second kappa shape index (κ2) is 5.67. The summed E-state index contributed by atoms with van der Waals surface area (Å²) in [4.78, 5) is 22.0. The normalized spacial score (nSPS) is 13.3. The van der Waals surface area contributed by atoms with Crippen molar-refractivity contribution in [3.05, 3.63) is 0 Å². The van der Waals surface area contributed by atoms with Crippen LogP contribution in [0, 0.1) is 0 Å². The highest BCUT2D eigenvalue weighted by molar-refractivity contribution is 5.82. The van der Waals surface area contributed by atoms with Crippen LogP contribution in [0.25, 0.3) is 0 Å². The van der Waals surface area contributed by atoms with Gasteiger partial charge in [0.15, 0.2) is 0 Å². The van der Waals surface area contributed by atoms with Gasteiger partial charge in [-0.3, -0.25) is 9.59 Å². The zero-order valence-electron chi connectivity index (χ0n) is 9.24. The number of hydrogen-bond acceptors (Lipinski definition) is 4. The van der Waals surface area contributed by atoms with E-state index in [9.17, 15) is 9.59 Å². The smallest absolute Gasteiger partial charge is 0.305 e. The topological polar surface area (TPSA) is 102 Å². The van der Waals surface area contributed by atoms with Crippen LogP contribution < -0.4 is 11.1 Å². The molecule has 0 aliphatic rings. The molecule has 0 spiro atoms. The molecule has 0 fully saturated rings. The summed E-state index contributed by atoms with van der Waals surface area (Å²) in [5.74, 6) is -1.37. The number of aliphatic carboxylic acids is 1. The summed E-state index contributed by atoms with van der Waals surface area (Å²) in [6, 6.07) is 0. The van der Waals surface area contributed by atoms with Gasteiger partial charge in [-0.2, -0.15) is 0 Å². The van der Waals surface area contributed by atoms with Gasteiger partial charge in [-0.05, 0) is 13.8 Å². The lowest BCUT2D eigenvalue weighted by Crippen LogP contribution is -2.51. The first-order chi connectivity index (χ1) is 6.82. The zero-order valence-corrected chi connectivity index (χ0v) is 9.24. The number of methoxy groups -OCH3 is 1. The van der Waals surface area contributed by atoms with Gasteiger partial charge in [-0.25, -0.2) is 0 Å². The van der Waals surface area contributed by atoms with Crippen molar-refractivity contribution in [1.82, 2.24) is 5.32 Å². The first-order valence-electron chi connectivity index (χ1n) is 4.59. The number of nitrogens with one attached hydrogen (secondary N) is 1. The zero-order chi connectivity index (χ0) is 12.1. The van der Waals surface area contributed by atoms with Crippen LogP contribution in [0.15, 0.2) is 0 Å². The van der Waals surface area contributed by atoms with Gasteiger partial charge < -0.3 is 20.9 Å². The molecule has 0 aromatic carbocycles. The van der Waals surface area contributed by atoms with Crippen molar-refractivity contribution in [3.8, 4) is 0 Å². The van der Waals surface area contributed by atoms with E-state index in [2.05, 4.69) is 5.32 Å². The molecule has 0 bridgehead atoms. The SMILES string of the molecule is COC(CN)C(=O)NC(C)(C)CC(=O)O. The number of amides is 1. The van der Waals surface area contributed by atoms with Crippen LogP contribution in [0.1, 0.15) is 20.3 Å². The van der Waals surface area contributed by atoms with E-state index in [1.165, 1.54) is 7.11 Å². The van der Waals surface area contributed by atoms with Crippen molar-refractivity contribution in [1.29, 1.82) is 0 Å². The lowest BCUT2D eigenvalue weighted by atomic mass is 10.0. The molecule has 1 atom stereocenters. The monoisotopic (exact) mass is 218 g/mol. The molecule has 0 saturated heterocycles. The van der Waals surface area contributed by atoms with Gasteiger partial charge in [0.1, 0.15) is 6.10 Å². The molecule has 0 radical (unpaired) electrons. The summed E-state index contributed by atoms with van der Waals surface area (Å²) in [6.07, 6.45) is -0.891. The molecule has 0 heterocycles. The van der Waals surface area contributed by atoms with Crippen LogP contribution in [0.5, 0.6) is 0 Å². The highest BCUT2D eigenvalue weighted by atomic mass is 16.5. The van der Waals surface area contributed by atoms with E-state index in [0.717, 1.165) is 0 Å². The maximum atomic E-state index is 11.5. The third kappa shape index (κ3) is 5.34. The molecule has 0 aliphatic carbocycles. The Kier molecular flexibility index (Phi) is 5.24. The summed E-state index contributed by atoms with van der Waals surface area (Å²) in [7, 11) is 1.38. The fourth-order valence-corrected chi connectivity index (χ4v) is 1.15. The quantitative estimate of drug-likeness (QED) is 0.548. The predicted octanol–water partition coefficient (Wildman–Crippen LogP) is -0.670. The number of ether oxygens (including phenoxy) is 1. The third-order valence-electron chi connectivity index (χ3n) is 1.85. The van der Waals surface area contributed by atoms with E-state index in [0.29, 0.717) is 0 Å². The largest absolute Gasteiger partial charge is 0.481 e. The van der Waals surface area contributed by atoms with Crippen LogP contribution >= 0.6 is 0 Å². The van der Waals surface area contributed by atoms with E-state index >= 15 is 0 Å². The summed E-state index contributed by atoms with van der Waals surface area (Å²) < 4.78 is 4.83. The number of hydrogen-bond donors (Lipinski definition) is 3. The van der Waals surface area contributed by atoms with Gasteiger partial charge in [0.2, 0.25) is 0 Å². The minimum Gasteiger partial charge on any atom is -0.481 e. The number of carbonyl (C=O) groups is 2. The van der Waals surface area contributed by atoms with Crippen LogP contribution in [0.2, 0.25) is 0 Å².